The number of nitrogens with zero attached hydrogens (tertiary/aromatic N) is 5. The van der Waals surface area contributed by atoms with Gasteiger partial charge in [0.05, 0.1) is 5.69 Å². The summed E-state index contributed by atoms with van der Waals surface area (Å²) in [6, 6.07) is 7.93. The van der Waals surface area contributed by atoms with Crippen LogP contribution in [0, 0.1) is 10.1 Å². The highest BCUT2D eigenvalue weighted by molar-refractivity contribution is 5.57. The van der Waals surface area contributed by atoms with E-state index in [1.54, 1.807) is 17.3 Å². The Bertz CT molecular complexity index is 537. The molecule has 2 heterocycles. The Balaban J connectivity index is 1.72. The normalized spacial score (nSPS) is 19.4. The van der Waals surface area contributed by atoms with Crippen molar-refractivity contribution in [2.75, 3.05) is 49.7 Å². The summed E-state index contributed by atoms with van der Waals surface area (Å²) in [6.45, 7) is 4.45. The minimum absolute atomic E-state index is 0.299. The molecule has 3 rings (SSSR count). The Hall–Kier alpha value is -2.28. The van der Waals surface area contributed by atoms with Crippen molar-refractivity contribution in [3.8, 4) is 0 Å². The van der Waals surface area contributed by atoms with Crippen LogP contribution in [0.15, 0.2) is 36.5 Å². The lowest BCUT2D eigenvalue weighted by Gasteiger charge is -2.34. The second-order valence-corrected chi connectivity index (χ2v) is 5.33. The number of hydrogen-bond donors (Lipinski definition) is 0. The fourth-order valence-electron chi connectivity index (χ4n) is 2.65. The molecule has 0 aliphatic carbocycles. The molecule has 0 N–H and O–H groups in total. The van der Waals surface area contributed by atoms with E-state index in [1.807, 2.05) is 24.3 Å². The van der Waals surface area contributed by atoms with Crippen LogP contribution in [0.1, 0.15) is 0 Å². The quantitative estimate of drug-likeness (QED) is 0.615. The van der Waals surface area contributed by atoms with Gasteiger partial charge in [-0.15, -0.1) is 0 Å². The lowest BCUT2D eigenvalue weighted by Crippen LogP contribution is -2.44. The molecule has 0 unspecified atom stereocenters. The zero-order valence-corrected chi connectivity index (χ0v) is 12.1. The van der Waals surface area contributed by atoms with Crippen LogP contribution in [-0.4, -0.2) is 54.8 Å². The third kappa shape index (κ3) is 2.78. The summed E-state index contributed by atoms with van der Waals surface area (Å²) in [6.07, 6.45) is 3.50. The van der Waals surface area contributed by atoms with Crippen LogP contribution in [0.2, 0.25) is 0 Å². The molecule has 0 atom stereocenters. The number of piperazine rings is 1. The number of nitro groups is 1. The molecule has 0 bridgehead atoms. The van der Waals surface area contributed by atoms with E-state index in [9.17, 15) is 10.1 Å². The molecule has 0 amide bonds. The first-order chi connectivity index (χ1) is 10.1. The van der Waals surface area contributed by atoms with Gasteiger partial charge in [-0.25, -0.2) is 15.1 Å². The molecule has 21 heavy (non-hydrogen) atoms. The Labute approximate surface area is 123 Å². The first-order valence-electron chi connectivity index (χ1n) is 7.06. The maximum atomic E-state index is 11.0. The maximum Gasteiger partial charge on any atom is 0.181 e. The first-order valence-corrected chi connectivity index (χ1v) is 7.06. The lowest BCUT2D eigenvalue weighted by molar-refractivity contribution is -0.652. The summed E-state index contributed by atoms with van der Waals surface area (Å²) in [4.78, 5) is 15.6. The number of hydrogen-bond acceptors (Lipinski definition) is 5. The first kappa shape index (κ1) is 13.7. The van der Waals surface area contributed by atoms with Crippen molar-refractivity contribution in [3.63, 3.8) is 0 Å². The van der Waals surface area contributed by atoms with Gasteiger partial charge in [-0.3, -0.25) is 0 Å². The Morgan fingerprint density at radius 2 is 1.67 bits per heavy atom. The summed E-state index contributed by atoms with van der Waals surface area (Å²) in [5.41, 5.74) is 1.97. The Kier molecular flexibility index (Phi) is 3.66. The molecule has 0 aromatic heterocycles. The highest BCUT2D eigenvalue weighted by Crippen LogP contribution is 2.25. The van der Waals surface area contributed by atoms with E-state index in [-0.39, 0.29) is 0 Å². The van der Waals surface area contributed by atoms with Crippen LogP contribution in [0.3, 0.4) is 0 Å². The average molecular weight is 289 g/mol. The van der Waals surface area contributed by atoms with Gasteiger partial charge < -0.3 is 9.80 Å². The van der Waals surface area contributed by atoms with E-state index in [2.05, 4.69) is 16.8 Å². The summed E-state index contributed by atoms with van der Waals surface area (Å²) < 4.78 is 0. The van der Waals surface area contributed by atoms with Gasteiger partial charge in [0, 0.05) is 38.1 Å². The Morgan fingerprint density at radius 1 is 1.05 bits per heavy atom. The fraction of sp³-hybridized carbons (Fsp3) is 0.429. The van der Waals surface area contributed by atoms with Gasteiger partial charge in [-0.2, -0.15) is 0 Å². The molecule has 7 nitrogen and oxygen atoms in total. The third-order valence-corrected chi connectivity index (χ3v) is 3.94. The zero-order valence-electron chi connectivity index (χ0n) is 12.1. The standard InChI is InChI=1S/C14H19N5O2/c1-15-9-11-16(12-10-15)13-3-5-14(6-4-13)17-7-2-8-18(17)19(20)21/h2-7H,8-12H2,1H3. The van der Waals surface area contributed by atoms with E-state index in [4.69, 9.17) is 0 Å². The second-order valence-electron chi connectivity index (χ2n) is 5.33. The van der Waals surface area contributed by atoms with Crippen LogP contribution >= 0.6 is 0 Å². The number of benzene rings is 1. The molecule has 2 aliphatic heterocycles. The summed E-state index contributed by atoms with van der Waals surface area (Å²) in [5, 5.41) is 13.2. The summed E-state index contributed by atoms with van der Waals surface area (Å²) in [7, 11) is 2.13. The lowest BCUT2D eigenvalue weighted by atomic mass is 10.2. The van der Waals surface area contributed by atoms with E-state index in [0.717, 1.165) is 37.0 Å². The van der Waals surface area contributed by atoms with Crippen LogP contribution in [0.5, 0.6) is 0 Å². The Morgan fingerprint density at radius 3 is 2.29 bits per heavy atom. The van der Waals surface area contributed by atoms with Crippen molar-refractivity contribution in [1.82, 2.24) is 10.0 Å². The minimum atomic E-state index is -0.394. The van der Waals surface area contributed by atoms with Crippen molar-refractivity contribution in [1.29, 1.82) is 0 Å². The molecule has 2 aliphatic rings. The smallest absolute Gasteiger partial charge is 0.181 e. The third-order valence-electron chi connectivity index (χ3n) is 3.94. The van der Waals surface area contributed by atoms with Crippen molar-refractivity contribution >= 4 is 11.4 Å². The van der Waals surface area contributed by atoms with Gasteiger partial charge in [0.1, 0.15) is 6.54 Å². The fourth-order valence-corrected chi connectivity index (χ4v) is 2.65. The second kappa shape index (κ2) is 5.61. The SMILES string of the molecule is CN1CCN(c2ccc(N3C=CCN3[N+](=O)[O-])cc2)CC1. The maximum absolute atomic E-state index is 11.0. The van der Waals surface area contributed by atoms with Crippen LogP contribution < -0.4 is 9.91 Å². The van der Waals surface area contributed by atoms with E-state index >= 15 is 0 Å². The van der Waals surface area contributed by atoms with Gasteiger partial charge in [0.2, 0.25) is 0 Å². The van der Waals surface area contributed by atoms with Crippen LogP contribution in [-0.2, 0) is 0 Å². The van der Waals surface area contributed by atoms with E-state index in [0.29, 0.717) is 6.54 Å². The molecular weight excluding hydrogens is 270 g/mol. The number of hydrazine groups is 2. The monoisotopic (exact) mass is 289 g/mol. The van der Waals surface area contributed by atoms with Crippen molar-refractivity contribution in [2.45, 2.75) is 0 Å². The average Bonchev–Trinajstić information content (AvgIpc) is 2.98. The largest absolute Gasteiger partial charge is 0.369 e. The number of likely N-dealkylation sites (N-methyl/N-ethyl adjacent to an activating group) is 1. The molecule has 1 aromatic rings. The molecule has 0 saturated carbocycles. The predicted molar refractivity (Wildman–Crippen MR) is 81.5 cm³/mol. The highest BCUT2D eigenvalue weighted by Gasteiger charge is 2.26. The predicted octanol–water partition coefficient (Wildman–Crippen LogP) is 1.18. The van der Waals surface area contributed by atoms with Gasteiger partial charge >= 0.3 is 0 Å². The van der Waals surface area contributed by atoms with Gasteiger partial charge in [0.25, 0.3) is 0 Å². The molecule has 1 saturated heterocycles. The topological polar surface area (TPSA) is 56.1 Å². The van der Waals surface area contributed by atoms with Crippen LogP contribution in [0.25, 0.3) is 0 Å². The van der Waals surface area contributed by atoms with Crippen molar-refractivity contribution in [2.24, 2.45) is 0 Å². The van der Waals surface area contributed by atoms with Gasteiger partial charge in [0.15, 0.2) is 5.03 Å². The summed E-state index contributed by atoms with van der Waals surface area (Å²) in [5.74, 6) is 0. The molecule has 1 fully saturated rings. The van der Waals surface area contributed by atoms with Gasteiger partial charge in [-0.05, 0) is 42.5 Å². The number of rotatable bonds is 3. The molecule has 7 heteroatoms. The van der Waals surface area contributed by atoms with Crippen LogP contribution in [0.4, 0.5) is 11.4 Å². The van der Waals surface area contributed by atoms with Crippen molar-refractivity contribution in [3.05, 3.63) is 46.7 Å². The number of anilines is 2. The van der Waals surface area contributed by atoms with Gasteiger partial charge in [-0.1, -0.05) is 0 Å². The molecule has 1 aromatic carbocycles. The van der Waals surface area contributed by atoms with Crippen molar-refractivity contribution < 1.29 is 5.03 Å². The molecular formula is C14H19N5O2. The highest BCUT2D eigenvalue weighted by atomic mass is 16.7. The van der Waals surface area contributed by atoms with E-state index < -0.39 is 5.03 Å². The summed E-state index contributed by atoms with van der Waals surface area (Å²) >= 11 is 0. The minimum Gasteiger partial charge on any atom is -0.369 e. The van der Waals surface area contributed by atoms with E-state index in [1.165, 1.54) is 5.69 Å². The zero-order chi connectivity index (χ0) is 14.8. The molecule has 0 spiro atoms. The molecule has 112 valence electrons. The molecule has 0 radical (unpaired) electrons.